The highest BCUT2D eigenvalue weighted by Crippen LogP contribution is 2.32. The van der Waals surface area contributed by atoms with Crippen molar-refractivity contribution < 1.29 is 28.5 Å². The fourth-order valence-corrected chi connectivity index (χ4v) is 6.04. The van der Waals surface area contributed by atoms with Gasteiger partial charge in [0.05, 0.1) is 42.2 Å². The van der Waals surface area contributed by atoms with Gasteiger partial charge in [0.25, 0.3) is 5.56 Å². The lowest BCUT2D eigenvalue weighted by Crippen LogP contribution is -2.39. The third kappa shape index (κ3) is 7.12. The van der Waals surface area contributed by atoms with Crippen molar-refractivity contribution in [2.45, 2.75) is 33.7 Å². The quantitative estimate of drug-likeness (QED) is 0.161. The first kappa shape index (κ1) is 31.6. The predicted molar refractivity (Wildman–Crippen MR) is 173 cm³/mol. The largest absolute Gasteiger partial charge is 0.497 e. The summed E-state index contributed by atoms with van der Waals surface area (Å²) in [6.45, 7) is 8.80. The average Bonchev–Trinajstić information content (AvgIpc) is 3.34. The van der Waals surface area contributed by atoms with Crippen molar-refractivity contribution in [1.29, 1.82) is 0 Å². The smallest absolute Gasteiger partial charge is 0.338 e. The van der Waals surface area contributed by atoms with Crippen molar-refractivity contribution >= 4 is 23.4 Å². The molecule has 0 saturated heterocycles. The van der Waals surface area contributed by atoms with Crippen LogP contribution in [0.25, 0.3) is 6.08 Å². The highest BCUT2D eigenvalue weighted by atomic mass is 32.1. The van der Waals surface area contributed by atoms with Gasteiger partial charge < -0.3 is 23.7 Å². The Kier molecular flexibility index (Phi) is 10.0. The molecule has 1 unspecified atom stereocenters. The maximum atomic E-state index is 14.0. The molecule has 10 heteroatoms. The van der Waals surface area contributed by atoms with Crippen LogP contribution in [-0.4, -0.2) is 44.1 Å². The van der Waals surface area contributed by atoms with E-state index in [1.54, 1.807) is 43.7 Å². The van der Waals surface area contributed by atoms with Crippen molar-refractivity contribution in [2.75, 3.05) is 33.5 Å². The zero-order valence-corrected chi connectivity index (χ0v) is 26.8. The second-order valence-corrected chi connectivity index (χ2v) is 11.2. The first-order valence-corrected chi connectivity index (χ1v) is 15.6. The molecule has 1 aliphatic rings. The molecule has 9 nitrogen and oxygen atoms in total. The molecule has 0 N–H and O–H groups in total. The normalized spacial score (nSPS) is 14.4. The number of thiazole rings is 1. The summed E-state index contributed by atoms with van der Waals surface area (Å²) in [5, 5.41) is 0. The molecule has 2 heterocycles. The van der Waals surface area contributed by atoms with Gasteiger partial charge in [-0.05, 0) is 81.3 Å². The highest BCUT2D eigenvalue weighted by molar-refractivity contribution is 7.07. The maximum absolute atomic E-state index is 14.0. The molecule has 1 aliphatic heterocycles. The topological polar surface area (TPSA) is 97.6 Å². The van der Waals surface area contributed by atoms with Gasteiger partial charge in [-0.25, -0.2) is 9.79 Å². The molecule has 0 fully saturated rings. The van der Waals surface area contributed by atoms with Gasteiger partial charge in [0.2, 0.25) is 0 Å². The number of carbonyl (C=O) groups is 1. The standard InChI is InChI=1S/C35H36N2O7S/c1-6-41-29-20-24(10-17-28(29)44-19-18-43-27-13-8-22(3)9-14-27)21-30-33(38)37-32(25-11-15-26(40-5)16-12-25)31(34(39)42-7-2)23(4)36-35(37)45-30/h8-17,20-21,32H,6-7,18-19H2,1-5H3. The summed E-state index contributed by atoms with van der Waals surface area (Å²) in [5.41, 5.74) is 3.24. The number of hydrogen-bond donors (Lipinski definition) is 0. The molecular weight excluding hydrogens is 592 g/mol. The molecule has 0 amide bonds. The van der Waals surface area contributed by atoms with Gasteiger partial charge in [-0.2, -0.15) is 0 Å². The van der Waals surface area contributed by atoms with Crippen molar-refractivity contribution in [3.63, 3.8) is 0 Å². The number of aromatic nitrogens is 1. The molecule has 0 aliphatic carbocycles. The van der Waals surface area contributed by atoms with Gasteiger partial charge in [0.1, 0.15) is 24.7 Å². The number of aryl methyl sites for hydroxylation is 1. The molecule has 3 aromatic carbocycles. The van der Waals surface area contributed by atoms with Crippen LogP contribution in [0.15, 0.2) is 87.8 Å². The lowest BCUT2D eigenvalue weighted by atomic mass is 9.96. The van der Waals surface area contributed by atoms with Crippen molar-refractivity contribution in [3.8, 4) is 23.0 Å². The molecule has 0 spiro atoms. The number of nitrogens with zero attached hydrogens (tertiary/aromatic N) is 2. The van der Waals surface area contributed by atoms with Crippen molar-refractivity contribution in [2.24, 2.45) is 4.99 Å². The number of methoxy groups -OCH3 is 1. The summed E-state index contributed by atoms with van der Waals surface area (Å²) < 4.78 is 30.4. The van der Waals surface area contributed by atoms with Crippen LogP contribution in [0.4, 0.5) is 0 Å². The minimum atomic E-state index is -0.703. The average molecular weight is 629 g/mol. The number of esters is 1. The lowest BCUT2D eigenvalue weighted by molar-refractivity contribution is -0.139. The second-order valence-electron chi connectivity index (χ2n) is 10.2. The van der Waals surface area contributed by atoms with E-state index in [1.807, 2.05) is 68.4 Å². The van der Waals surface area contributed by atoms with Crippen LogP contribution in [-0.2, 0) is 9.53 Å². The summed E-state index contributed by atoms with van der Waals surface area (Å²) in [7, 11) is 1.59. The first-order valence-electron chi connectivity index (χ1n) is 14.8. The summed E-state index contributed by atoms with van der Waals surface area (Å²) in [6.07, 6.45) is 1.80. The third-order valence-corrected chi connectivity index (χ3v) is 8.13. The van der Waals surface area contributed by atoms with E-state index < -0.39 is 12.0 Å². The van der Waals surface area contributed by atoms with Crippen LogP contribution in [0.2, 0.25) is 0 Å². The van der Waals surface area contributed by atoms with Gasteiger partial charge in [0, 0.05) is 0 Å². The number of fused-ring (bicyclic) bond motifs is 1. The van der Waals surface area contributed by atoms with Crippen LogP contribution in [0, 0.1) is 6.92 Å². The van der Waals surface area contributed by atoms with E-state index in [4.69, 9.17) is 23.7 Å². The monoisotopic (exact) mass is 628 g/mol. The molecule has 0 radical (unpaired) electrons. The molecule has 0 bridgehead atoms. The van der Waals surface area contributed by atoms with Crippen LogP contribution in [0.3, 0.4) is 0 Å². The van der Waals surface area contributed by atoms with Crippen molar-refractivity contribution in [1.82, 2.24) is 4.57 Å². The van der Waals surface area contributed by atoms with E-state index in [9.17, 15) is 9.59 Å². The summed E-state index contributed by atoms with van der Waals surface area (Å²) in [6, 6.07) is 20.0. The molecule has 45 heavy (non-hydrogen) atoms. The van der Waals surface area contributed by atoms with Gasteiger partial charge in [0.15, 0.2) is 16.3 Å². The molecule has 0 saturated carbocycles. The van der Waals surface area contributed by atoms with Crippen LogP contribution >= 0.6 is 11.3 Å². The van der Waals surface area contributed by atoms with E-state index in [1.165, 1.54) is 16.9 Å². The Morgan fingerprint density at radius 3 is 2.29 bits per heavy atom. The summed E-state index contributed by atoms with van der Waals surface area (Å²) in [5.74, 6) is 2.09. The van der Waals surface area contributed by atoms with E-state index in [0.717, 1.165) is 16.9 Å². The fourth-order valence-electron chi connectivity index (χ4n) is 4.99. The minimum absolute atomic E-state index is 0.205. The zero-order valence-electron chi connectivity index (χ0n) is 26.0. The fraction of sp³-hybridized carbons (Fsp3) is 0.286. The number of benzene rings is 3. The molecule has 1 aromatic heterocycles. The molecule has 5 rings (SSSR count). The third-order valence-electron chi connectivity index (χ3n) is 7.14. The van der Waals surface area contributed by atoms with Crippen LogP contribution in [0.1, 0.15) is 43.5 Å². The van der Waals surface area contributed by atoms with E-state index >= 15 is 0 Å². The van der Waals surface area contributed by atoms with Crippen molar-refractivity contribution in [3.05, 3.63) is 114 Å². The van der Waals surface area contributed by atoms with Gasteiger partial charge in [-0.3, -0.25) is 9.36 Å². The Hall–Kier alpha value is -4.83. The molecular formula is C35H36N2O7S. The molecule has 4 aromatic rings. The maximum Gasteiger partial charge on any atom is 0.338 e. The summed E-state index contributed by atoms with van der Waals surface area (Å²) >= 11 is 1.26. The van der Waals surface area contributed by atoms with E-state index in [2.05, 4.69) is 4.99 Å². The SMILES string of the molecule is CCOC(=O)C1=C(C)N=c2sc(=Cc3ccc(OCCOc4ccc(C)cc4)c(OCC)c3)c(=O)n2C1c1ccc(OC)cc1. The van der Waals surface area contributed by atoms with Gasteiger partial charge in [-0.15, -0.1) is 0 Å². The van der Waals surface area contributed by atoms with Gasteiger partial charge in [-0.1, -0.05) is 47.2 Å². The number of carbonyl (C=O) groups excluding carboxylic acids is 1. The number of hydrogen-bond acceptors (Lipinski definition) is 9. The predicted octanol–water partition coefficient (Wildman–Crippen LogP) is 4.97. The Morgan fingerprint density at radius 2 is 1.60 bits per heavy atom. The Morgan fingerprint density at radius 1 is 0.889 bits per heavy atom. The number of allylic oxidation sites excluding steroid dienone is 1. The minimum Gasteiger partial charge on any atom is -0.497 e. The Balaban J connectivity index is 1.45. The number of ether oxygens (including phenoxy) is 5. The lowest BCUT2D eigenvalue weighted by Gasteiger charge is -2.24. The van der Waals surface area contributed by atoms with Crippen LogP contribution < -0.4 is 33.8 Å². The Bertz CT molecular complexity index is 1870. The molecule has 234 valence electrons. The zero-order chi connectivity index (χ0) is 31.9. The van der Waals surface area contributed by atoms with Crippen LogP contribution in [0.5, 0.6) is 23.0 Å². The highest BCUT2D eigenvalue weighted by Gasteiger charge is 2.33. The van der Waals surface area contributed by atoms with E-state index in [-0.39, 0.29) is 12.2 Å². The number of rotatable bonds is 12. The second kappa shape index (κ2) is 14.3. The first-order chi connectivity index (χ1) is 21.8. The molecule has 1 atom stereocenters. The van der Waals surface area contributed by atoms with Gasteiger partial charge >= 0.3 is 5.97 Å². The Labute approximate surface area is 265 Å². The van der Waals surface area contributed by atoms with E-state index in [0.29, 0.717) is 57.7 Å². The summed E-state index contributed by atoms with van der Waals surface area (Å²) in [4.78, 5) is 32.2.